The lowest BCUT2D eigenvalue weighted by Crippen LogP contribution is -2.51. The van der Waals surface area contributed by atoms with Crippen LogP contribution in [-0.2, 0) is 16.0 Å². The average Bonchev–Trinajstić information content (AvgIpc) is 3.20. The number of rotatable bonds is 6. The number of aromatic nitrogens is 2. The van der Waals surface area contributed by atoms with Crippen molar-refractivity contribution >= 4 is 35.4 Å². The largest absolute Gasteiger partial charge is 0.467 e. The van der Waals surface area contributed by atoms with E-state index in [1.807, 2.05) is 6.26 Å². The van der Waals surface area contributed by atoms with Gasteiger partial charge in [-0.2, -0.15) is 11.8 Å². The highest BCUT2D eigenvalue weighted by molar-refractivity contribution is 7.98. The van der Waals surface area contributed by atoms with Gasteiger partial charge < -0.3 is 19.9 Å². The highest BCUT2D eigenvalue weighted by Crippen LogP contribution is 2.35. The molecule has 2 heterocycles. The molecule has 0 fully saturated rings. The van der Waals surface area contributed by atoms with Crippen LogP contribution < -0.4 is 5.32 Å². The summed E-state index contributed by atoms with van der Waals surface area (Å²) in [6.45, 7) is 0.400. The molecule has 0 aliphatic carbocycles. The zero-order valence-corrected chi connectivity index (χ0v) is 17.6. The number of fused-ring (bicyclic) bond motifs is 1. The fourth-order valence-corrected chi connectivity index (χ4v) is 4.03. The van der Waals surface area contributed by atoms with Crippen LogP contribution in [0.15, 0.2) is 24.5 Å². The fourth-order valence-electron chi connectivity index (χ4n) is 3.37. The molecule has 0 bridgehead atoms. The number of urea groups is 1. The highest BCUT2D eigenvalue weighted by Gasteiger charge is 2.36. The number of H-pyrrole nitrogens is 1. The SMILES string of the molecule is COC(=O)[C@@H](CCSC)NC(=O)N1CCc2[nH]cnc2C1c1ccc(F)c(Cl)c1. The number of nitrogens with zero attached hydrogens (tertiary/aromatic N) is 2. The van der Waals surface area contributed by atoms with E-state index in [2.05, 4.69) is 15.3 Å². The van der Waals surface area contributed by atoms with Crippen molar-refractivity contribution in [1.29, 1.82) is 0 Å². The summed E-state index contributed by atoms with van der Waals surface area (Å²) in [6, 6.07) is 2.63. The molecule has 1 aromatic carbocycles. The van der Waals surface area contributed by atoms with E-state index in [1.165, 1.54) is 19.2 Å². The van der Waals surface area contributed by atoms with E-state index in [1.54, 1.807) is 29.1 Å². The van der Waals surface area contributed by atoms with E-state index in [9.17, 15) is 14.0 Å². The van der Waals surface area contributed by atoms with E-state index >= 15 is 0 Å². The first kappa shape index (κ1) is 21.4. The van der Waals surface area contributed by atoms with Gasteiger partial charge in [0.1, 0.15) is 17.9 Å². The van der Waals surface area contributed by atoms with Gasteiger partial charge in [-0.15, -0.1) is 0 Å². The minimum absolute atomic E-state index is 0.0297. The Morgan fingerprint density at radius 2 is 2.31 bits per heavy atom. The summed E-state index contributed by atoms with van der Waals surface area (Å²) in [4.78, 5) is 34.2. The van der Waals surface area contributed by atoms with Gasteiger partial charge in [0, 0.05) is 18.7 Å². The fraction of sp³-hybridized carbons (Fsp3) is 0.421. The van der Waals surface area contributed by atoms with Crippen LogP contribution in [0.3, 0.4) is 0 Å². The van der Waals surface area contributed by atoms with Crippen LogP contribution in [0.25, 0.3) is 0 Å². The monoisotopic (exact) mass is 440 g/mol. The maximum Gasteiger partial charge on any atom is 0.328 e. The molecular weight excluding hydrogens is 419 g/mol. The third kappa shape index (κ3) is 4.67. The Kier molecular flexibility index (Phi) is 7.02. The van der Waals surface area contributed by atoms with Crippen LogP contribution >= 0.6 is 23.4 Å². The highest BCUT2D eigenvalue weighted by atomic mass is 35.5. The van der Waals surface area contributed by atoms with Crippen LogP contribution in [0.5, 0.6) is 0 Å². The molecule has 1 aliphatic heterocycles. The number of nitrogens with one attached hydrogen (secondary N) is 2. The molecule has 1 unspecified atom stereocenters. The van der Waals surface area contributed by atoms with Gasteiger partial charge in [0.05, 0.1) is 24.2 Å². The summed E-state index contributed by atoms with van der Waals surface area (Å²) >= 11 is 7.55. The van der Waals surface area contributed by atoms with Crippen molar-refractivity contribution < 1.29 is 18.7 Å². The van der Waals surface area contributed by atoms with Crippen molar-refractivity contribution in [3.8, 4) is 0 Å². The Hall–Kier alpha value is -2.26. The molecular formula is C19H22ClFN4O3S. The second kappa shape index (κ2) is 9.49. The topological polar surface area (TPSA) is 87.3 Å². The number of thioether (sulfide) groups is 1. The van der Waals surface area contributed by atoms with Gasteiger partial charge in [0.15, 0.2) is 0 Å². The third-order valence-corrected chi connectivity index (χ3v) is 5.77. The number of carbonyl (C=O) groups is 2. The Bertz CT molecular complexity index is 894. The zero-order valence-electron chi connectivity index (χ0n) is 16.1. The zero-order chi connectivity index (χ0) is 21.0. The molecule has 2 aromatic rings. The number of amides is 2. The minimum atomic E-state index is -0.752. The molecule has 2 N–H and O–H groups in total. The molecule has 3 rings (SSSR count). The smallest absolute Gasteiger partial charge is 0.328 e. The van der Waals surface area contributed by atoms with E-state index in [-0.39, 0.29) is 5.02 Å². The van der Waals surface area contributed by atoms with Crippen molar-refractivity contribution in [2.45, 2.75) is 24.9 Å². The molecule has 0 spiro atoms. The molecule has 1 aliphatic rings. The number of methoxy groups -OCH3 is 1. The summed E-state index contributed by atoms with van der Waals surface area (Å²) < 4.78 is 18.5. The Balaban J connectivity index is 1.90. The summed E-state index contributed by atoms with van der Waals surface area (Å²) in [5, 5.41) is 2.75. The van der Waals surface area contributed by atoms with Gasteiger partial charge in [0.2, 0.25) is 0 Å². The van der Waals surface area contributed by atoms with Crippen LogP contribution in [-0.4, -0.2) is 58.6 Å². The first-order chi connectivity index (χ1) is 14.0. The Morgan fingerprint density at radius 3 is 3.00 bits per heavy atom. The first-order valence-electron chi connectivity index (χ1n) is 9.07. The number of carbonyl (C=O) groups excluding carboxylic acids is 2. The molecule has 0 radical (unpaired) electrons. The van der Waals surface area contributed by atoms with Crippen molar-refractivity contribution in [3.05, 3.63) is 52.3 Å². The molecule has 2 atom stereocenters. The van der Waals surface area contributed by atoms with Crippen LogP contribution in [0.2, 0.25) is 5.02 Å². The normalized spacial score (nSPS) is 16.8. The number of hydrogen-bond acceptors (Lipinski definition) is 5. The molecule has 10 heteroatoms. The van der Waals surface area contributed by atoms with Gasteiger partial charge in [0.25, 0.3) is 0 Å². The second-order valence-corrected chi connectivity index (χ2v) is 7.99. The van der Waals surface area contributed by atoms with Gasteiger partial charge in [-0.05, 0) is 36.1 Å². The lowest BCUT2D eigenvalue weighted by molar-refractivity contribution is -0.142. The molecule has 156 valence electrons. The molecule has 29 heavy (non-hydrogen) atoms. The number of ether oxygens (including phenoxy) is 1. The predicted molar refractivity (Wildman–Crippen MR) is 110 cm³/mol. The molecule has 7 nitrogen and oxygen atoms in total. The Morgan fingerprint density at radius 1 is 1.52 bits per heavy atom. The maximum absolute atomic E-state index is 13.7. The molecule has 2 amide bonds. The van der Waals surface area contributed by atoms with Crippen LogP contribution in [0, 0.1) is 5.82 Å². The number of imidazole rings is 1. The lowest BCUT2D eigenvalue weighted by Gasteiger charge is -2.36. The van der Waals surface area contributed by atoms with E-state index in [0.717, 1.165) is 5.69 Å². The number of aromatic amines is 1. The predicted octanol–water partition coefficient (Wildman–Crippen LogP) is 3.15. The quantitative estimate of drug-likeness (QED) is 0.674. The van der Waals surface area contributed by atoms with Crippen molar-refractivity contribution in [3.63, 3.8) is 0 Å². The minimum Gasteiger partial charge on any atom is -0.467 e. The molecule has 0 saturated carbocycles. The van der Waals surface area contributed by atoms with E-state index in [0.29, 0.717) is 36.4 Å². The lowest BCUT2D eigenvalue weighted by atomic mass is 9.96. The van der Waals surface area contributed by atoms with E-state index in [4.69, 9.17) is 16.3 Å². The van der Waals surface area contributed by atoms with Gasteiger partial charge in [-0.1, -0.05) is 17.7 Å². The second-order valence-electron chi connectivity index (χ2n) is 6.59. The standard InChI is InChI=1S/C19H22ClFN4O3S/c1-28-18(26)15(6-8-29-2)24-19(27)25-7-5-14-16(23-10-22-14)17(25)11-3-4-13(21)12(20)9-11/h3-4,9-10,15,17H,5-8H2,1-2H3,(H,22,23)(H,24,27)/t15-,17?/m1/s1. The van der Waals surface area contributed by atoms with Gasteiger partial charge in [-0.3, -0.25) is 0 Å². The maximum atomic E-state index is 13.7. The average molecular weight is 441 g/mol. The van der Waals surface area contributed by atoms with Gasteiger partial charge in [-0.25, -0.2) is 19.0 Å². The van der Waals surface area contributed by atoms with Crippen molar-refractivity contribution in [2.24, 2.45) is 0 Å². The number of benzene rings is 1. The number of halogens is 2. The summed E-state index contributed by atoms with van der Waals surface area (Å²) in [5.41, 5.74) is 2.22. The number of hydrogen-bond donors (Lipinski definition) is 2. The van der Waals surface area contributed by atoms with Crippen LogP contribution in [0.4, 0.5) is 9.18 Å². The summed E-state index contributed by atoms with van der Waals surface area (Å²) in [7, 11) is 1.29. The molecule has 1 aromatic heterocycles. The Labute approximate surface area is 177 Å². The van der Waals surface area contributed by atoms with Crippen molar-refractivity contribution in [2.75, 3.05) is 25.7 Å². The van der Waals surface area contributed by atoms with Crippen molar-refractivity contribution in [1.82, 2.24) is 20.2 Å². The summed E-state index contributed by atoms with van der Waals surface area (Å²) in [5.74, 6) is -0.334. The molecule has 0 saturated heterocycles. The number of esters is 1. The van der Waals surface area contributed by atoms with Crippen LogP contribution in [0.1, 0.15) is 29.4 Å². The third-order valence-electron chi connectivity index (χ3n) is 4.84. The van der Waals surface area contributed by atoms with E-state index < -0.39 is 29.9 Å². The first-order valence-corrected chi connectivity index (χ1v) is 10.8. The van der Waals surface area contributed by atoms with Gasteiger partial charge >= 0.3 is 12.0 Å². The summed E-state index contributed by atoms with van der Waals surface area (Å²) in [6.07, 6.45) is 4.53.